The number of hydrogen-bond donors (Lipinski definition) is 2. The van der Waals surface area contributed by atoms with Gasteiger partial charge in [-0.1, -0.05) is 6.92 Å². The van der Waals surface area contributed by atoms with Crippen LogP contribution in [0.15, 0.2) is 23.1 Å². The summed E-state index contributed by atoms with van der Waals surface area (Å²) in [7, 11) is -2.31. The maximum atomic E-state index is 12.1. The number of amides is 1. The van der Waals surface area contributed by atoms with Gasteiger partial charge in [-0.3, -0.25) is 4.79 Å². The zero-order valence-corrected chi connectivity index (χ0v) is 12.9. The number of nitrogens with one attached hydrogen (secondary N) is 2. The second-order valence-electron chi connectivity index (χ2n) is 4.50. The molecule has 1 aromatic carbocycles. The van der Waals surface area contributed by atoms with Gasteiger partial charge in [0.15, 0.2) is 0 Å². The maximum Gasteiger partial charge on any atom is 0.251 e. The lowest BCUT2D eigenvalue weighted by molar-refractivity contribution is 0.0943. The fourth-order valence-corrected chi connectivity index (χ4v) is 2.88. The predicted molar refractivity (Wildman–Crippen MR) is 76.5 cm³/mol. The van der Waals surface area contributed by atoms with Crippen molar-refractivity contribution in [2.45, 2.75) is 31.7 Å². The van der Waals surface area contributed by atoms with E-state index in [1.807, 2.05) is 13.8 Å². The largest absolute Gasteiger partial charge is 0.495 e. The molecule has 0 heterocycles. The second kappa shape index (κ2) is 6.71. The van der Waals surface area contributed by atoms with Gasteiger partial charge in [0.1, 0.15) is 10.6 Å². The van der Waals surface area contributed by atoms with Crippen molar-refractivity contribution in [3.05, 3.63) is 23.8 Å². The van der Waals surface area contributed by atoms with Crippen LogP contribution in [0.5, 0.6) is 5.75 Å². The highest BCUT2D eigenvalue weighted by molar-refractivity contribution is 7.89. The molecule has 0 atom stereocenters. The summed E-state index contributed by atoms with van der Waals surface area (Å²) < 4.78 is 31.6. The van der Waals surface area contributed by atoms with Crippen LogP contribution in [0.25, 0.3) is 0 Å². The summed E-state index contributed by atoms with van der Waals surface area (Å²) in [6.45, 7) is 5.60. The molecule has 0 saturated carbocycles. The minimum absolute atomic E-state index is 0.0292. The average Bonchev–Trinajstić information content (AvgIpc) is 2.37. The highest BCUT2D eigenvalue weighted by atomic mass is 32.2. The molecule has 20 heavy (non-hydrogen) atoms. The molecule has 0 fully saturated rings. The van der Waals surface area contributed by atoms with Crippen molar-refractivity contribution < 1.29 is 17.9 Å². The van der Waals surface area contributed by atoms with E-state index in [1.165, 1.54) is 25.3 Å². The number of rotatable bonds is 6. The molecular formula is C13H20N2O4S. The lowest BCUT2D eigenvalue weighted by Crippen LogP contribution is -2.30. The Balaban J connectivity index is 3.25. The van der Waals surface area contributed by atoms with Crippen LogP contribution in [-0.2, 0) is 10.0 Å². The molecule has 0 unspecified atom stereocenters. The van der Waals surface area contributed by atoms with Gasteiger partial charge in [0, 0.05) is 18.2 Å². The summed E-state index contributed by atoms with van der Waals surface area (Å²) in [4.78, 5) is 11.9. The smallest absolute Gasteiger partial charge is 0.251 e. The van der Waals surface area contributed by atoms with Crippen molar-refractivity contribution in [3.63, 3.8) is 0 Å². The van der Waals surface area contributed by atoms with E-state index in [1.54, 1.807) is 6.92 Å². The van der Waals surface area contributed by atoms with Gasteiger partial charge in [0.2, 0.25) is 10.0 Å². The molecule has 0 bridgehead atoms. The van der Waals surface area contributed by atoms with Crippen LogP contribution in [0.4, 0.5) is 0 Å². The van der Waals surface area contributed by atoms with Gasteiger partial charge in [0.05, 0.1) is 7.11 Å². The molecule has 0 aliphatic rings. The van der Waals surface area contributed by atoms with E-state index in [0.717, 1.165) is 0 Å². The monoisotopic (exact) mass is 300 g/mol. The summed E-state index contributed by atoms with van der Waals surface area (Å²) >= 11 is 0. The quantitative estimate of drug-likeness (QED) is 0.825. The van der Waals surface area contributed by atoms with Gasteiger partial charge in [-0.15, -0.1) is 0 Å². The van der Waals surface area contributed by atoms with Gasteiger partial charge < -0.3 is 10.1 Å². The molecule has 1 rings (SSSR count). The molecule has 0 aromatic heterocycles. The molecule has 112 valence electrons. The Kier molecular flexibility index (Phi) is 5.52. The molecule has 0 saturated heterocycles. The lowest BCUT2D eigenvalue weighted by Gasteiger charge is -2.13. The van der Waals surface area contributed by atoms with Crippen LogP contribution < -0.4 is 14.8 Å². The molecule has 0 aliphatic carbocycles. The first-order valence-corrected chi connectivity index (χ1v) is 7.78. The van der Waals surface area contributed by atoms with Gasteiger partial charge in [-0.2, -0.15) is 0 Å². The van der Waals surface area contributed by atoms with E-state index in [-0.39, 0.29) is 34.7 Å². The van der Waals surface area contributed by atoms with Crippen molar-refractivity contribution in [2.75, 3.05) is 13.7 Å². The zero-order valence-electron chi connectivity index (χ0n) is 12.1. The number of carbonyl (C=O) groups excluding carboxylic acids is 1. The van der Waals surface area contributed by atoms with E-state index < -0.39 is 10.0 Å². The van der Waals surface area contributed by atoms with Crippen molar-refractivity contribution in [1.82, 2.24) is 10.0 Å². The number of hydrogen-bond acceptors (Lipinski definition) is 4. The van der Waals surface area contributed by atoms with E-state index >= 15 is 0 Å². The number of carbonyl (C=O) groups is 1. The van der Waals surface area contributed by atoms with E-state index in [2.05, 4.69) is 10.0 Å². The molecule has 0 radical (unpaired) electrons. The Bertz CT molecular complexity index is 582. The number of benzene rings is 1. The molecule has 2 N–H and O–H groups in total. The van der Waals surface area contributed by atoms with Crippen LogP contribution in [0.1, 0.15) is 31.1 Å². The van der Waals surface area contributed by atoms with Crippen molar-refractivity contribution in [1.29, 1.82) is 0 Å². The Labute approximate surface area is 119 Å². The van der Waals surface area contributed by atoms with Crippen molar-refractivity contribution >= 4 is 15.9 Å². The van der Waals surface area contributed by atoms with E-state index in [0.29, 0.717) is 0 Å². The highest BCUT2D eigenvalue weighted by Gasteiger charge is 2.21. The zero-order chi connectivity index (χ0) is 15.3. The summed E-state index contributed by atoms with van der Waals surface area (Å²) in [6.07, 6.45) is 0. The molecule has 6 nitrogen and oxygen atoms in total. The molecule has 1 amide bonds. The summed E-state index contributed by atoms with van der Waals surface area (Å²) in [5.41, 5.74) is 0.274. The molecular weight excluding hydrogens is 280 g/mol. The van der Waals surface area contributed by atoms with E-state index in [4.69, 9.17) is 4.74 Å². The van der Waals surface area contributed by atoms with Crippen LogP contribution in [-0.4, -0.2) is 34.0 Å². The predicted octanol–water partition coefficient (Wildman–Crippen LogP) is 1.13. The van der Waals surface area contributed by atoms with Crippen molar-refractivity contribution in [2.24, 2.45) is 0 Å². The summed E-state index contributed by atoms with van der Waals surface area (Å²) in [5.74, 6) is -0.123. The molecule has 0 spiro atoms. The Morgan fingerprint density at radius 1 is 1.35 bits per heavy atom. The summed E-state index contributed by atoms with van der Waals surface area (Å²) in [5, 5.41) is 2.71. The normalized spacial score (nSPS) is 11.4. The molecule has 0 aliphatic heterocycles. The van der Waals surface area contributed by atoms with Crippen molar-refractivity contribution in [3.8, 4) is 5.75 Å². The standard InChI is InChI=1S/C13H20N2O4S/c1-5-14-20(17,18)12-8-10(6-7-11(12)19-4)13(16)15-9(2)3/h6-9,14H,5H2,1-4H3,(H,15,16). The Hall–Kier alpha value is -1.60. The summed E-state index contributed by atoms with van der Waals surface area (Å²) in [6, 6.07) is 4.29. The maximum absolute atomic E-state index is 12.1. The molecule has 1 aromatic rings. The van der Waals surface area contributed by atoms with E-state index in [9.17, 15) is 13.2 Å². The average molecular weight is 300 g/mol. The minimum Gasteiger partial charge on any atom is -0.495 e. The fourth-order valence-electron chi connectivity index (χ4n) is 1.64. The van der Waals surface area contributed by atoms with Crippen LogP contribution >= 0.6 is 0 Å². The second-order valence-corrected chi connectivity index (χ2v) is 6.23. The SMILES string of the molecule is CCNS(=O)(=O)c1cc(C(=O)NC(C)C)ccc1OC. The number of sulfonamides is 1. The van der Waals surface area contributed by atoms with Gasteiger partial charge >= 0.3 is 0 Å². The first-order chi connectivity index (χ1) is 9.31. The van der Waals surface area contributed by atoms with Gasteiger partial charge in [-0.05, 0) is 32.0 Å². The Morgan fingerprint density at radius 3 is 2.50 bits per heavy atom. The Morgan fingerprint density at radius 2 is 2.00 bits per heavy atom. The lowest BCUT2D eigenvalue weighted by atomic mass is 10.2. The van der Waals surface area contributed by atoms with Crippen LogP contribution in [0.2, 0.25) is 0 Å². The van der Waals surface area contributed by atoms with Gasteiger partial charge in [0.25, 0.3) is 5.91 Å². The third-order valence-corrected chi connectivity index (χ3v) is 4.04. The first-order valence-electron chi connectivity index (χ1n) is 6.30. The van der Waals surface area contributed by atoms with Crippen LogP contribution in [0, 0.1) is 0 Å². The number of methoxy groups -OCH3 is 1. The number of ether oxygens (including phenoxy) is 1. The molecule has 7 heteroatoms. The van der Waals surface area contributed by atoms with Gasteiger partial charge in [-0.25, -0.2) is 13.1 Å². The van der Waals surface area contributed by atoms with Crippen LogP contribution in [0.3, 0.4) is 0 Å². The third-order valence-electron chi connectivity index (χ3n) is 2.47. The minimum atomic E-state index is -3.69. The fraction of sp³-hybridized carbons (Fsp3) is 0.462. The highest BCUT2D eigenvalue weighted by Crippen LogP contribution is 2.24. The first kappa shape index (κ1) is 16.5. The third kappa shape index (κ3) is 3.94. The topological polar surface area (TPSA) is 84.5 Å².